The largest absolute Gasteiger partial charge is 0.369 e. The van der Waals surface area contributed by atoms with Crippen LogP contribution in [0, 0.1) is 17.8 Å². The number of Topliss-reactive ketones (excluding diaryl/α,β-unsaturated/α-hetero) is 1. The quantitative estimate of drug-likeness (QED) is 0.877. The lowest BCUT2D eigenvalue weighted by Crippen LogP contribution is -2.40. The van der Waals surface area contributed by atoms with Crippen molar-refractivity contribution in [2.75, 3.05) is 5.32 Å². The fraction of sp³-hybridized carbons (Fsp3) is 0.600. The van der Waals surface area contributed by atoms with E-state index >= 15 is 0 Å². The fourth-order valence-electron chi connectivity index (χ4n) is 3.53. The van der Waals surface area contributed by atoms with E-state index in [1.807, 2.05) is 0 Å². The number of primary amides is 1. The van der Waals surface area contributed by atoms with Gasteiger partial charge >= 0.3 is 0 Å². The van der Waals surface area contributed by atoms with Crippen molar-refractivity contribution in [3.8, 4) is 0 Å². The number of nitrogens with two attached hydrogens (primary N) is 1. The minimum atomic E-state index is -0.443. The molecule has 2 bridgehead atoms. The number of aromatic nitrogens is 1. The summed E-state index contributed by atoms with van der Waals surface area (Å²) in [5, 5.41) is 5.03. The van der Waals surface area contributed by atoms with Crippen molar-refractivity contribution in [2.45, 2.75) is 38.5 Å². The molecule has 22 heavy (non-hydrogen) atoms. The van der Waals surface area contributed by atoms with Gasteiger partial charge in [-0.1, -0.05) is 6.42 Å². The molecule has 2 aliphatic rings. The van der Waals surface area contributed by atoms with Gasteiger partial charge in [0, 0.05) is 23.1 Å². The second-order valence-corrected chi connectivity index (χ2v) is 7.03. The minimum Gasteiger partial charge on any atom is -0.369 e. The van der Waals surface area contributed by atoms with Gasteiger partial charge in [-0.25, -0.2) is 4.98 Å². The van der Waals surface area contributed by atoms with E-state index in [1.165, 1.54) is 11.3 Å². The number of carbonyl (C=O) groups excluding carboxylic acids is 3. The maximum absolute atomic E-state index is 12.4. The SMILES string of the molecule is NC(=O)Cc1csc(NC(=O)C2CC3CCCC(C2)C3=O)n1. The Balaban J connectivity index is 1.61. The van der Waals surface area contributed by atoms with Gasteiger partial charge in [-0.05, 0) is 25.7 Å². The molecule has 6 nitrogen and oxygen atoms in total. The lowest BCUT2D eigenvalue weighted by Gasteiger charge is -2.36. The molecule has 0 aromatic carbocycles. The molecular formula is C15H19N3O3S. The van der Waals surface area contributed by atoms with Gasteiger partial charge in [0.2, 0.25) is 11.8 Å². The molecule has 118 valence electrons. The molecule has 2 atom stereocenters. The van der Waals surface area contributed by atoms with Crippen LogP contribution < -0.4 is 11.1 Å². The van der Waals surface area contributed by atoms with Gasteiger partial charge in [-0.2, -0.15) is 0 Å². The lowest BCUT2D eigenvalue weighted by molar-refractivity contribution is -0.136. The van der Waals surface area contributed by atoms with Crippen LogP contribution in [0.4, 0.5) is 5.13 Å². The number of anilines is 1. The number of fused-ring (bicyclic) bond motifs is 2. The molecule has 1 aromatic rings. The van der Waals surface area contributed by atoms with Gasteiger partial charge in [0.15, 0.2) is 5.13 Å². The molecule has 1 heterocycles. The van der Waals surface area contributed by atoms with Crippen LogP contribution in [0.3, 0.4) is 0 Å². The standard InChI is InChI=1S/C15H19N3O3S/c16-12(19)6-11-7-22-15(17-11)18-14(21)10-4-8-2-1-3-9(5-10)13(8)20/h7-10H,1-6H2,(H2,16,19)(H,17,18,21). The molecule has 0 radical (unpaired) electrons. The molecular weight excluding hydrogens is 302 g/mol. The topological polar surface area (TPSA) is 102 Å². The highest BCUT2D eigenvalue weighted by molar-refractivity contribution is 7.13. The Bertz CT molecular complexity index is 597. The molecule has 2 amide bonds. The fourth-order valence-corrected chi connectivity index (χ4v) is 4.24. The van der Waals surface area contributed by atoms with Gasteiger partial charge in [0.1, 0.15) is 5.78 Å². The van der Waals surface area contributed by atoms with Gasteiger partial charge < -0.3 is 11.1 Å². The molecule has 3 rings (SSSR count). The van der Waals surface area contributed by atoms with Crippen LogP contribution in [0.2, 0.25) is 0 Å². The third-order valence-corrected chi connectivity index (χ3v) is 5.36. The highest BCUT2D eigenvalue weighted by atomic mass is 32.1. The Labute approximate surface area is 132 Å². The predicted octanol–water partition coefficient (Wildman–Crippen LogP) is 1.50. The van der Waals surface area contributed by atoms with E-state index in [0.29, 0.717) is 29.5 Å². The number of carbonyl (C=O) groups is 3. The zero-order chi connectivity index (χ0) is 15.7. The smallest absolute Gasteiger partial charge is 0.229 e. The summed E-state index contributed by atoms with van der Waals surface area (Å²) < 4.78 is 0. The number of rotatable bonds is 4. The van der Waals surface area contributed by atoms with Crippen LogP contribution in [0.5, 0.6) is 0 Å². The summed E-state index contributed by atoms with van der Waals surface area (Å²) in [5.41, 5.74) is 5.70. The van der Waals surface area contributed by atoms with Crippen molar-refractivity contribution in [3.05, 3.63) is 11.1 Å². The van der Waals surface area contributed by atoms with Gasteiger partial charge in [0.05, 0.1) is 12.1 Å². The Hall–Kier alpha value is -1.76. The minimum absolute atomic E-state index is 0.0602. The number of hydrogen-bond donors (Lipinski definition) is 2. The second-order valence-electron chi connectivity index (χ2n) is 6.17. The summed E-state index contributed by atoms with van der Waals surface area (Å²) in [6.07, 6.45) is 4.31. The van der Waals surface area contributed by atoms with Crippen molar-refractivity contribution in [1.82, 2.24) is 4.98 Å². The number of amides is 2. The maximum atomic E-state index is 12.4. The van der Waals surface area contributed by atoms with Crippen LogP contribution in [-0.4, -0.2) is 22.6 Å². The molecule has 2 saturated carbocycles. The Morgan fingerprint density at radius 2 is 2.00 bits per heavy atom. The molecule has 0 saturated heterocycles. The summed E-state index contributed by atoms with van der Waals surface area (Å²) in [6, 6.07) is 0. The third kappa shape index (κ3) is 3.19. The van der Waals surface area contributed by atoms with Crippen molar-refractivity contribution >= 4 is 34.1 Å². The highest BCUT2D eigenvalue weighted by Crippen LogP contribution is 2.40. The molecule has 0 aliphatic heterocycles. The lowest BCUT2D eigenvalue weighted by atomic mass is 9.67. The van der Waals surface area contributed by atoms with E-state index in [-0.39, 0.29) is 30.1 Å². The van der Waals surface area contributed by atoms with Crippen LogP contribution in [0.1, 0.15) is 37.8 Å². The predicted molar refractivity (Wildman–Crippen MR) is 82.2 cm³/mol. The summed E-state index contributed by atoms with van der Waals surface area (Å²) in [7, 11) is 0. The summed E-state index contributed by atoms with van der Waals surface area (Å²) in [4.78, 5) is 39.5. The van der Waals surface area contributed by atoms with E-state index in [4.69, 9.17) is 5.73 Å². The van der Waals surface area contributed by atoms with Crippen LogP contribution in [-0.2, 0) is 20.8 Å². The molecule has 7 heteroatoms. The van der Waals surface area contributed by atoms with Crippen LogP contribution >= 0.6 is 11.3 Å². The average Bonchev–Trinajstić information content (AvgIpc) is 2.84. The monoisotopic (exact) mass is 321 g/mol. The first kappa shape index (κ1) is 15.1. The molecule has 2 unspecified atom stereocenters. The number of ketones is 1. The Kier molecular flexibility index (Phi) is 4.24. The Morgan fingerprint density at radius 3 is 2.64 bits per heavy atom. The number of hydrogen-bond acceptors (Lipinski definition) is 5. The first-order valence-corrected chi connectivity index (χ1v) is 8.48. The summed E-state index contributed by atoms with van der Waals surface area (Å²) >= 11 is 1.29. The van der Waals surface area contributed by atoms with E-state index in [0.717, 1.165) is 19.3 Å². The molecule has 1 aromatic heterocycles. The van der Waals surface area contributed by atoms with E-state index in [9.17, 15) is 14.4 Å². The molecule has 2 fully saturated rings. The first-order chi connectivity index (χ1) is 10.5. The average molecular weight is 321 g/mol. The van der Waals surface area contributed by atoms with Crippen molar-refractivity contribution < 1.29 is 14.4 Å². The van der Waals surface area contributed by atoms with E-state index < -0.39 is 5.91 Å². The summed E-state index contributed by atoms with van der Waals surface area (Å²) in [5.74, 6) is -0.147. The number of nitrogens with one attached hydrogen (secondary N) is 1. The number of nitrogens with zero attached hydrogens (tertiary/aromatic N) is 1. The normalized spacial score (nSPS) is 27.5. The molecule has 0 spiro atoms. The zero-order valence-corrected chi connectivity index (χ0v) is 13.0. The molecule has 3 N–H and O–H groups in total. The van der Waals surface area contributed by atoms with Crippen LogP contribution in [0.15, 0.2) is 5.38 Å². The van der Waals surface area contributed by atoms with E-state index in [1.54, 1.807) is 5.38 Å². The highest BCUT2D eigenvalue weighted by Gasteiger charge is 2.41. The second kappa shape index (κ2) is 6.16. The molecule has 2 aliphatic carbocycles. The van der Waals surface area contributed by atoms with Crippen molar-refractivity contribution in [3.63, 3.8) is 0 Å². The van der Waals surface area contributed by atoms with Gasteiger partial charge in [-0.15, -0.1) is 11.3 Å². The third-order valence-electron chi connectivity index (χ3n) is 4.56. The van der Waals surface area contributed by atoms with E-state index in [2.05, 4.69) is 10.3 Å². The number of thiazole rings is 1. The van der Waals surface area contributed by atoms with Gasteiger partial charge in [-0.3, -0.25) is 14.4 Å². The van der Waals surface area contributed by atoms with Crippen molar-refractivity contribution in [1.29, 1.82) is 0 Å². The maximum Gasteiger partial charge on any atom is 0.229 e. The van der Waals surface area contributed by atoms with Crippen molar-refractivity contribution in [2.24, 2.45) is 23.5 Å². The zero-order valence-electron chi connectivity index (χ0n) is 12.2. The summed E-state index contributed by atoms with van der Waals surface area (Å²) in [6.45, 7) is 0. The Morgan fingerprint density at radius 1 is 1.32 bits per heavy atom. The first-order valence-electron chi connectivity index (χ1n) is 7.60. The van der Waals surface area contributed by atoms with Crippen LogP contribution in [0.25, 0.3) is 0 Å². The van der Waals surface area contributed by atoms with Gasteiger partial charge in [0.25, 0.3) is 0 Å².